The van der Waals surface area contributed by atoms with Gasteiger partial charge in [-0.15, -0.1) is 0 Å². The van der Waals surface area contributed by atoms with Gasteiger partial charge in [0.25, 0.3) is 5.91 Å². The van der Waals surface area contributed by atoms with Gasteiger partial charge < -0.3 is 14.6 Å². The number of methoxy groups -OCH3 is 1. The summed E-state index contributed by atoms with van der Waals surface area (Å²) in [6.45, 7) is 1.17. The number of amides is 1. The molecule has 1 N–H and O–H groups in total. The standard InChI is InChI=1S/C24H23N3O2/c1-29-20-13-11-19(12-14-20)24(28)25-17-23-26-21-9-5-6-10-22(21)27(23)16-15-18-7-3-2-4-8-18/h2-14H,15-17H2,1H3,(H,25,28). The molecule has 1 aromatic heterocycles. The molecule has 0 unspecified atom stereocenters. The number of carbonyl (C=O) groups excluding carboxylic acids is 1. The zero-order valence-electron chi connectivity index (χ0n) is 16.3. The van der Waals surface area contributed by atoms with Crippen LogP contribution in [0.1, 0.15) is 21.7 Å². The lowest BCUT2D eigenvalue weighted by molar-refractivity contribution is 0.0949. The zero-order valence-corrected chi connectivity index (χ0v) is 16.3. The number of rotatable bonds is 7. The summed E-state index contributed by atoms with van der Waals surface area (Å²) in [4.78, 5) is 17.3. The van der Waals surface area contributed by atoms with Crippen molar-refractivity contribution in [3.63, 3.8) is 0 Å². The number of hydrogen-bond donors (Lipinski definition) is 1. The average Bonchev–Trinajstić information content (AvgIpc) is 3.14. The van der Waals surface area contributed by atoms with E-state index in [1.54, 1.807) is 31.4 Å². The maximum absolute atomic E-state index is 12.5. The normalized spacial score (nSPS) is 10.8. The van der Waals surface area contributed by atoms with Gasteiger partial charge in [0.1, 0.15) is 11.6 Å². The van der Waals surface area contributed by atoms with Crippen LogP contribution in [-0.2, 0) is 19.5 Å². The van der Waals surface area contributed by atoms with Crippen LogP contribution >= 0.6 is 0 Å². The lowest BCUT2D eigenvalue weighted by atomic mass is 10.1. The molecule has 0 aliphatic rings. The third kappa shape index (κ3) is 4.29. The minimum Gasteiger partial charge on any atom is -0.497 e. The van der Waals surface area contributed by atoms with Gasteiger partial charge in [-0.2, -0.15) is 0 Å². The maximum Gasteiger partial charge on any atom is 0.251 e. The van der Waals surface area contributed by atoms with E-state index in [9.17, 15) is 4.79 Å². The van der Waals surface area contributed by atoms with Crippen molar-refractivity contribution >= 4 is 16.9 Å². The molecule has 0 spiro atoms. The van der Waals surface area contributed by atoms with Crippen LogP contribution in [0.4, 0.5) is 0 Å². The van der Waals surface area contributed by atoms with Crippen LogP contribution in [0, 0.1) is 0 Å². The molecule has 0 atom stereocenters. The topological polar surface area (TPSA) is 56.1 Å². The van der Waals surface area contributed by atoms with Crippen LogP contribution in [0.25, 0.3) is 11.0 Å². The molecule has 1 amide bonds. The Morgan fingerprint density at radius 3 is 2.45 bits per heavy atom. The van der Waals surface area contributed by atoms with Crippen LogP contribution in [0.15, 0.2) is 78.9 Å². The van der Waals surface area contributed by atoms with Gasteiger partial charge in [0.2, 0.25) is 0 Å². The minimum atomic E-state index is -0.130. The Morgan fingerprint density at radius 1 is 0.966 bits per heavy atom. The molecule has 0 fully saturated rings. The Hall–Kier alpha value is -3.60. The molecule has 0 saturated carbocycles. The van der Waals surface area contributed by atoms with Crippen LogP contribution in [0.2, 0.25) is 0 Å². The number of nitrogens with one attached hydrogen (secondary N) is 1. The van der Waals surface area contributed by atoms with E-state index in [1.165, 1.54) is 5.56 Å². The summed E-state index contributed by atoms with van der Waals surface area (Å²) in [6.07, 6.45) is 0.903. The fourth-order valence-corrected chi connectivity index (χ4v) is 3.40. The summed E-state index contributed by atoms with van der Waals surface area (Å²) < 4.78 is 7.34. The smallest absolute Gasteiger partial charge is 0.251 e. The highest BCUT2D eigenvalue weighted by Gasteiger charge is 2.12. The van der Waals surface area contributed by atoms with Crippen LogP contribution in [-0.4, -0.2) is 22.6 Å². The van der Waals surface area contributed by atoms with E-state index in [4.69, 9.17) is 9.72 Å². The second kappa shape index (κ2) is 8.61. The largest absolute Gasteiger partial charge is 0.497 e. The van der Waals surface area contributed by atoms with Gasteiger partial charge in [0.05, 0.1) is 24.7 Å². The van der Waals surface area contributed by atoms with E-state index in [-0.39, 0.29) is 5.91 Å². The second-order valence-corrected chi connectivity index (χ2v) is 6.82. The second-order valence-electron chi connectivity index (χ2n) is 6.82. The third-order valence-electron chi connectivity index (χ3n) is 4.96. The summed E-state index contributed by atoms with van der Waals surface area (Å²) in [6, 6.07) is 25.5. The number of fused-ring (bicyclic) bond motifs is 1. The van der Waals surface area contributed by atoms with E-state index < -0.39 is 0 Å². The predicted molar refractivity (Wildman–Crippen MR) is 114 cm³/mol. The first-order valence-corrected chi connectivity index (χ1v) is 9.65. The molecule has 3 aromatic carbocycles. The number of aromatic nitrogens is 2. The fraction of sp³-hybridized carbons (Fsp3) is 0.167. The number of aryl methyl sites for hydroxylation is 2. The first-order chi connectivity index (χ1) is 14.2. The zero-order chi connectivity index (χ0) is 20.1. The number of carbonyl (C=O) groups is 1. The highest BCUT2D eigenvalue weighted by Crippen LogP contribution is 2.17. The predicted octanol–water partition coefficient (Wildman–Crippen LogP) is 4.22. The number of para-hydroxylation sites is 2. The van der Waals surface area contributed by atoms with Gasteiger partial charge in [-0.3, -0.25) is 4.79 Å². The molecule has 146 valence electrons. The molecule has 4 rings (SSSR count). The van der Waals surface area contributed by atoms with Crippen molar-refractivity contribution in [2.45, 2.75) is 19.5 Å². The molecule has 4 aromatic rings. The molecule has 1 heterocycles. The van der Waals surface area contributed by atoms with Gasteiger partial charge in [-0.1, -0.05) is 42.5 Å². The van der Waals surface area contributed by atoms with Crippen molar-refractivity contribution in [3.8, 4) is 5.75 Å². The number of imidazole rings is 1. The van der Waals surface area contributed by atoms with Gasteiger partial charge in [0, 0.05) is 12.1 Å². The van der Waals surface area contributed by atoms with Crippen LogP contribution < -0.4 is 10.1 Å². The van der Waals surface area contributed by atoms with E-state index in [2.05, 4.69) is 40.2 Å². The monoisotopic (exact) mass is 385 g/mol. The minimum absolute atomic E-state index is 0.130. The maximum atomic E-state index is 12.5. The quantitative estimate of drug-likeness (QED) is 0.518. The molecule has 0 saturated heterocycles. The SMILES string of the molecule is COc1ccc(C(=O)NCc2nc3ccccc3n2CCc2ccccc2)cc1. The lowest BCUT2D eigenvalue weighted by Gasteiger charge is -2.11. The Labute approximate surface area is 170 Å². The summed E-state index contributed by atoms with van der Waals surface area (Å²) in [5, 5.41) is 2.99. The summed E-state index contributed by atoms with van der Waals surface area (Å²) in [7, 11) is 1.61. The van der Waals surface area contributed by atoms with Gasteiger partial charge in [-0.25, -0.2) is 4.98 Å². The van der Waals surface area contributed by atoms with Crippen molar-refractivity contribution in [1.82, 2.24) is 14.9 Å². The molecule has 0 bridgehead atoms. The van der Waals surface area contributed by atoms with Gasteiger partial charge in [0.15, 0.2) is 0 Å². The summed E-state index contributed by atoms with van der Waals surface area (Å²) in [5.74, 6) is 1.45. The van der Waals surface area contributed by atoms with Gasteiger partial charge in [-0.05, 0) is 48.4 Å². The molecular weight excluding hydrogens is 362 g/mol. The molecule has 0 radical (unpaired) electrons. The fourth-order valence-electron chi connectivity index (χ4n) is 3.40. The van der Waals surface area contributed by atoms with Crippen molar-refractivity contribution in [1.29, 1.82) is 0 Å². The van der Waals surface area contributed by atoms with Gasteiger partial charge >= 0.3 is 0 Å². The Morgan fingerprint density at radius 2 is 1.69 bits per heavy atom. The molecule has 0 aliphatic carbocycles. The summed E-state index contributed by atoms with van der Waals surface area (Å²) in [5.41, 5.74) is 3.89. The van der Waals surface area contributed by atoms with Crippen molar-refractivity contribution in [2.24, 2.45) is 0 Å². The van der Waals surface area contributed by atoms with Crippen molar-refractivity contribution in [2.75, 3.05) is 7.11 Å². The average molecular weight is 385 g/mol. The number of hydrogen-bond acceptors (Lipinski definition) is 3. The Kier molecular flexibility index (Phi) is 5.56. The third-order valence-corrected chi connectivity index (χ3v) is 4.96. The van der Waals surface area contributed by atoms with E-state index in [1.807, 2.05) is 24.3 Å². The first-order valence-electron chi connectivity index (χ1n) is 9.65. The van der Waals surface area contributed by atoms with Crippen LogP contribution in [0.3, 0.4) is 0 Å². The molecular formula is C24H23N3O2. The molecule has 0 aliphatic heterocycles. The first kappa shape index (κ1) is 18.7. The van der Waals surface area contributed by atoms with E-state index >= 15 is 0 Å². The van der Waals surface area contributed by atoms with E-state index in [0.29, 0.717) is 12.1 Å². The van der Waals surface area contributed by atoms with Crippen LogP contribution in [0.5, 0.6) is 5.75 Å². The lowest BCUT2D eigenvalue weighted by Crippen LogP contribution is -2.25. The van der Waals surface area contributed by atoms with Crippen molar-refractivity contribution < 1.29 is 9.53 Å². The highest BCUT2D eigenvalue weighted by atomic mass is 16.5. The molecule has 29 heavy (non-hydrogen) atoms. The highest BCUT2D eigenvalue weighted by molar-refractivity contribution is 5.94. The van der Waals surface area contributed by atoms with E-state index in [0.717, 1.165) is 35.6 Å². The number of nitrogens with zero attached hydrogens (tertiary/aromatic N) is 2. The number of ether oxygens (including phenoxy) is 1. The number of benzene rings is 3. The Balaban J connectivity index is 1.52. The molecule has 5 heteroatoms. The Bertz CT molecular complexity index is 1100. The summed E-state index contributed by atoms with van der Waals surface area (Å²) >= 11 is 0. The van der Waals surface area contributed by atoms with Crippen molar-refractivity contribution in [3.05, 3.63) is 95.8 Å². The molecule has 5 nitrogen and oxygen atoms in total.